The fourth-order valence-corrected chi connectivity index (χ4v) is 3.63. The van der Waals surface area contributed by atoms with Gasteiger partial charge in [-0.1, -0.05) is 36.7 Å². The van der Waals surface area contributed by atoms with Crippen molar-refractivity contribution >= 4 is 27.7 Å². The summed E-state index contributed by atoms with van der Waals surface area (Å²) >= 11 is 5.42. The maximum absolute atomic E-state index is 10.1. The molecule has 0 aromatic heterocycles. The molecule has 2 N–H and O–H groups in total. The van der Waals surface area contributed by atoms with E-state index in [0.29, 0.717) is 5.75 Å². The summed E-state index contributed by atoms with van der Waals surface area (Å²) in [5.74, 6) is 0.371. The molecule has 0 aliphatic carbocycles. The predicted molar refractivity (Wildman–Crippen MR) is 93.7 cm³/mol. The lowest BCUT2D eigenvalue weighted by molar-refractivity contribution is 0.414. The van der Waals surface area contributed by atoms with Gasteiger partial charge in [0.2, 0.25) is 0 Å². The van der Waals surface area contributed by atoms with Crippen molar-refractivity contribution in [3.05, 3.63) is 28.2 Å². The van der Waals surface area contributed by atoms with E-state index in [1.165, 1.54) is 0 Å². The normalized spacial score (nSPS) is 13.4. The number of hydrogen-bond acceptors (Lipinski definition) is 3. The van der Waals surface area contributed by atoms with Crippen molar-refractivity contribution < 1.29 is 5.11 Å². The van der Waals surface area contributed by atoms with Crippen LogP contribution >= 0.6 is 27.7 Å². The van der Waals surface area contributed by atoms with E-state index >= 15 is 0 Å². The summed E-state index contributed by atoms with van der Waals surface area (Å²) in [7, 11) is 0. The molecule has 0 bridgehead atoms. The first-order valence-electron chi connectivity index (χ1n) is 7.28. The van der Waals surface area contributed by atoms with Crippen LogP contribution in [0.4, 0.5) is 0 Å². The van der Waals surface area contributed by atoms with Gasteiger partial charge in [-0.2, -0.15) is 11.8 Å². The van der Waals surface area contributed by atoms with Crippen molar-refractivity contribution in [3.63, 3.8) is 0 Å². The zero-order valence-electron chi connectivity index (χ0n) is 12.9. The van der Waals surface area contributed by atoms with Crippen LogP contribution in [0.1, 0.15) is 51.6 Å². The quantitative estimate of drug-likeness (QED) is 0.675. The van der Waals surface area contributed by atoms with Gasteiger partial charge in [-0.25, -0.2) is 0 Å². The molecule has 0 saturated heterocycles. The van der Waals surface area contributed by atoms with Crippen LogP contribution < -0.4 is 5.32 Å². The Labute approximate surface area is 135 Å². The maximum Gasteiger partial charge on any atom is 0.120 e. The lowest BCUT2D eigenvalue weighted by atomic mass is 9.99. The van der Waals surface area contributed by atoms with Gasteiger partial charge < -0.3 is 10.4 Å². The molecule has 1 aromatic rings. The molecule has 0 saturated carbocycles. The second-order valence-electron chi connectivity index (χ2n) is 5.14. The molecule has 20 heavy (non-hydrogen) atoms. The molecule has 0 aliphatic rings. The van der Waals surface area contributed by atoms with Crippen molar-refractivity contribution in [1.29, 1.82) is 0 Å². The van der Waals surface area contributed by atoms with Crippen molar-refractivity contribution in [2.45, 2.75) is 50.8 Å². The molecule has 1 atom stereocenters. The lowest BCUT2D eigenvalue weighted by Gasteiger charge is -2.32. The van der Waals surface area contributed by atoms with Gasteiger partial charge in [-0.05, 0) is 43.7 Å². The first-order chi connectivity index (χ1) is 9.51. The number of benzene rings is 1. The number of rotatable bonds is 8. The van der Waals surface area contributed by atoms with Crippen LogP contribution in [-0.4, -0.2) is 22.7 Å². The molecule has 0 radical (unpaired) electrons. The molecule has 1 aromatic carbocycles. The van der Waals surface area contributed by atoms with Crippen LogP contribution in [0, 0.1) is 0 Å². The highest BCUT2D eigenvalue weighted by molar-refractivity contribution is 9.10. The Bertz CT molecular complexity index is 413. The van der Waals surface area contributed by atoms with Crippen molar-refractivity contribution in [2.24, 2.45) is 0 Å². The highest BCUT2D eigenvalue weighted by Crippen LogP contribution is 2.33. The number of halogens is 1. The van der Waals surface area contributed by atoms with Gasteiger partial charge in [0.1, 0.15) is 5.75 Å². The number of nitrogens with one attached hydrogen (secondary N) is 1. The number of hydrogen-bond donors (Lipinski definition) is 2. The summed E-state index contributed by atoms with van der Waals surface area (Å²) in [6.45, 7) is 7.61. The Hall–Kier alpha value is -0.190. The van der Waals surface area contributed by atoms with Gasteiger partial charge in [0.15, 0.2) is 0 Å². The molecule has 1 unspecified atom stereocenters. The Morgan fingerprint density at radius 2 is 1.95 bits per heavy atom. The van der Waals surface area contributed by atoms with Crippen LogP contribution in [0.3, 0.4) is 0 Å². The molecule has 0 aliphatic heterocycles. The van der Waals surface area contributed by atoms with Gasteiger partial charge in [-0.15, -0.1) is 0 Å². The molecular formula is C16H26BrNOS. The molecule has 0 fully saturated rings. The highest BCUT2D eigenvalue weighted by atomic mass is 79.9. The monoisotopic (exact) mass is 359 g/mol. The van der Waals surface area contributed by atoms with Crippen molar-refractivity contribution in [3.8, 4) is 5.75 Å². The van der Waals surface area contributed by atoms with E-state index in [1.807, 2.05) is 23.9 Å². The van der Waals surface area contributed by atoms with Crippen molar-refractivity contribution in [2.75, 3.05) is 12.8 Å². The third-order valence-corrected chi connectivity index (χ3v) is 6.25. The van der Waals surface area contributed by atoms with E-state index in [-0.39, 0.29) is 10.8 Å². The van der Waals surface area contributed by atoms with Gasteiger partial charge >= 0.3 is 0 Å². The third-order valence-electron chi connectivity index (χ3n) is 4.17. The van der Waals surface area contributed by atoms with Gasteiger partial charge in [0.05, 0.1) is 0 Å². The zero-order chi connectivity index (χ0) is 15.2. The molecule has 1 rings (SSSR count). The molecule has 0 amide bonds. The maximum atomic E-state index is 10.1. The summed E-state index contributed by atoms with van der Waals surface area (Å²) in [5.41, 5.74) is 0.976. The average Bonchev–Trinajstić information content (AvgIpc) is 2.48. The predicted octanol–water partition coefficient (Wildman–Crippen LogP) is 5.12. The number of phenols is 1. The third kappa shape index (κ3) is 4.40. The lowest BCUT2D eigenvalue weighted by Crippen LogP contribution is -2.38. The smallest absolute Gasteiger partial charge is 0.120 e. The molecule has 4 heteroatoms. The van der Waals surface area contributed by atoms with E-state index in [9.17, 15) is 5.11 Å². The van der Waals surface area contributed by atoms with Crippen LogP contribution in [0.2, 0.25) is 0 Å². The summed E-state index contributed by atoms with van der Waals surface area (Å²) in [4.78, 5) is 0. The van der Waals surface area contributed by atoms with Gasteiger partial charge in [0, 0.05) is 27.4 Å². The van der Waals surface area contributed by atoms with E-state index in [0.717, 1.165) is 35.8 Å². The fraction of sp³-hybridized carbons (Fsp3) is 0.625. The standard InChI is InChI=1S/C16H26BrNOS/c1-5-14(13-10-12(17)8-9-15(13)19)18-11-16(6-2,7-3)20-4/h8-10,14,18-19H,5-7,11H2,1-4H3. The van der Waals surface area contributed by atoms with Crippen LogP contribution in [0.5, 0.6) is 5.75 Å². The summed E-state index contributed by atoms with van der Waals surface area (Å²) in [6.07, 6.45) is 5.45. The minimum atomic E-state index is 0.192. The van der Waals surface area contributed by atoms with Crippen molar-refractivity contribution in [1.82, 2.24) is 5.32 Å². The minimum Gasteiger partial charge on any atom is -0.508 e. The van der Waals surface area contributed by atoms with Crippen LogP contribution in [0.15, 0.2) is 22.7 Å². The number of aromatic hydroxyl groups is 1. The highest BCUT2D eigenvalue weighted by Gasteiger charge is 2.26. The molecule has 2 nitrogen and oxygen atoms in total. The van der Waals surface area contributed by atoms with E-state index in [1.54, 1.807) is 6.07 Å². The SMILES string of the molecule is CCC(NCC(CC)(CC)SC)c1cc(Br)ccc1O. The van der Waals surface area contributed by atoms with Crippen LogP contribution in [-0.2, 0) is 0 Å². The summed E-state index contributed by atoms with van der Waals surface area (Å²) in [5, 5.41) is 13.7. The topological polar surface area (TPSA) is 32.3 Å². The van der Waals surface area contributed by atoms with E-state index in [2.05, 4.69) is 48.3 Å². The summed E-state index contributed by atoms with van der Waals surface area (Å²) in [6, 6.07) is 5.83. The van der Waals surface area contributed by atoms with E-state index < -0.39 is 0 Å². The minimum absolute atomic E-state index is 0.192. The summed E-state index contributed by atoms with van der Waals surface area (Å²) < 4.78 is 1.29. The zero-order valence-corrected chi connectivity index (χ0v) is 15.3. The molecule has 0 spiro atoms. The van der Waals surface area contributed by atoms with Crippen LogP contribution in [0.25, 0.3) is 0 Å². The molecule has 0 heterocycles. The number of phenolic OH excluding ortho intramolecular Hbond substituents is 1. The fourth-order valence-electron chi connectivity index (χ4n) is 2.45. The first kappa shape index (κ1) is 17.9. The largest absolute Gasteiger partial charge is 0.508 e. The first-order valence-corrected chi connectivity index (χ1v) is 9.30. The second-order valence-corrected chi connectivity index (χ2v) is 7.33. The Morgan fingerprint density at radius 1 is 1.30 bits per heavy atom. The average molecular weight is 360 g/mol. The second kappa shape index (κ2) is 8.30. The number of thioether (sulfide) groups is 1. The Balaban J connectivity index is 2.84. The Kier molecular flexibility index (Phi) is 7.41. The Morgan fingerprint density at radius 3 is 2.45 bits per heavy atom. The van der Waals surface area contributed by atoms with E-state index in [4.69, 9.17) is 0 Å². The molecule has 114 valence electrons. The molecular weight excluding hydrogens is 334 g/mol. The van der Waals surface area contributed by atoms with Gasteiger partial charge in [0.25, 0.3) is 0 Å². The van der Waals surface area contributed by atoms with Gasteiger partial charge in [-0.3, -0.25) is 0 Å².